The number of nitrogens with zero attached hydrogens (tertiary/aromatic N) is 3. The smallest absolute Gasteiger partial charge is 0.355 e. The Bertz CT molecular complexity index is 821. The van der Waals surface area contributed by atoms with E-state index in [0.29, 0.717) is 11.3 Å². The fourth-order valence-electron chi connectivity index (χ4n) is 2.35. The topological polar surface area (TPSA) is 60.4 Å². The molecule has 5 nitrogen and oxygen atoms in total. The van der Waals surface area contributed by atoms with Crippen molar-refractivity contribution >= 4 is 11.5 Å². The second kappa shape index (κ2) is 4.45. The molecule has 0 bridgehead atoms. The van der Waals surface area contributed by atoms with E-state index in [1.54, 1.807) is 12.3 Å². The summed E-state index contributed by atoms with van der Waals surface area (Å²) in [6.07, 6.45) is 1.67. The van der Waals surface area contributed by atoms with E-state index in [-0.39, 0.29) is 10.7 Å². The second-order valence-corrected chi connectivity index (χ2v) is 4.80. The van der Waals surface area contributed by atoms with Gasteiger partial charge in [-0.3, -0.25) is 0 Å². The summed E-state index contributed by atoms with van der Waals surface area (Å²) in [5.74, 6) is 0.00861. The molecule has 0 atom stereocenters. The van der Waals surface area contributed by atoms with Crippen LogP contribution in [0.15, 0.2) is 42.6 Å². The Balaban J connectivity index is 2.38. The van der Waals surface area contributed by atoms with Crippen molar-refractivity contribution < 1.29 is 4.92 Å². The predicted octanol–water partition coefficient (Wildman–Crippen LogP) is 3.53. The summed E-state index contributed by atoms with van der Waals surface area (Å²) in [7, 11) is 0. The molecule has 0 N–H and O–H groups in total. The lowest BCUT2D eigenvalue weighted by Crippen LogP contribution is -1.96. The summed E-state index contributed by atoms with van der Waals surface area (Å²) in [4.78, 5) is 15.5. The minimum Gasteiger partial charge on any atom is -0.358 e. The van der Waals surface area contributed by atoms with Gasteiger partial charge in [0.05, 0.1) is 6.20 Å². The van der Waals surface area contributed by atoms with E-state index < -0.39 is 0 Å². The van der Waals surface area contributed by atoms with Gasteiger partial charge in [0.1, 0.15) is 0 Å². The number of rotatable bonds is 2. The molecule has 2 heterocycles. The van der Waals surface area contributed by atoms with Crippen molar-refractivity contribution in [2.24, 2.45) is 0 Å². The first-order valence-corrected chi connectivity index (χ1v) is 6.27. The monoisotopic (exact) mass is 267 g/mol. The Morgan fingerprint density at radius 2 is 2.00 bits per heavy atom. The Morgan fingerprint density at radius 1 is 1.20 bits per heavy atom. The Morgan fingerprint density at radius 3 is 2.70 bits per heavy atom. The van der Waals surface area contributed by atoms with Gasteiger partial charge in [0.15, 0.2) is 5.69 Å². The zero-order valence-electron chi connectivity index (χ0n) is 11.2. The minimum atomic E-state index is -0.378. The third kappa shape index (κ3) is 1.84. The fraction of sp³-hybridized carbons (Fsp3) is 0.133. The summed E-state index contributed by atoms with van der Waals surface area (Å²) in [5, 5.41) is 11.4. The molecule has 0 fully saturated rings. The van der Waals surface area contributed by atoms with Crippen LogP contribution in [0.3, 0.4) is 0 Å². The van der Waals surface area contributed by atoms with E-state index in [2.05, 4.69) is 4.98 Å². The van der Waals surface area contributed by atoms with Crippen LogP contribution in [0.1, 0.15) is 11.1 Å². The molecule has 20 heavy (non-hydrogen) atoms. The highest BCUT2D eigenvalue weighted by molar-refractivity contribution is 5.73. The number of benzene rings is 1. The quantitative estimate of drug-likeness (QED) is 0.527. The first-order valence-electron chi connectivity index (χ1n) is 6.27. The maximum absolute atomic E-state index is 11.4. The molecule has 0 saturated heterocycles. The van der Waals surface area contributed by atoms with E-state index in [1.165, 1.54) is 4.40 Å². The average Bonchev–Trinajstić information content (AvgIpc) is 2.79. The van der Waals surface area contributed by atoms with Crippen molar-refractivity contribution in [3.63, 3.8) is 0 Å². The van der Waals surface area contributed by atoms with Crippen molar-refractivity contribution in [2.45, 2.75) is 13.8 Å². The number of aromatic nitrogens is 2. The second-order valence-electron chi connectivity index (χ2n) is 4.80. The minimum absolute atomic E-state index is 0.00861. The van der Waals surface area contributed by atoms with Crippen molar-refractivity contribution in [3.05, 3.63) is 63.8 Å². The van der Waals surface area contributed by atoms with Crippen LogP contribution in [-0.2, 0) is 0 Å². The zero-order valence-corrected chi connectivity index (χ0v) is 11.2. The van der Waals surface area contributed by atoms with E-state index >= 15 is 0 Å². The molecule has 0 spiro atoms. The van der Waals surface area contributed by atoms with Crippen molar-refractivity contribution in [2.75, 3.05) is 0 Å². The van der Waals surface area contributed by atoms with Crippen molar-refractivity contribution in [1.29, 1.82) is 0 Å². The molecule has 0 radical (unpaired) electrons. The number of fused-ring (bicyclic) bond motifs is 1. The molecule has 0 amide bonds. The lowest BCUT2D eigenvalue weighted by molar-refractivity contribution is -0.389. The third-order valence-corrected chi connectivity index (χ3v) is 3.28. The maximum atomic E-state index is 11.4. The molecule has 0 unspecified atom stereocenters. The summed E-state index contributed by atoms with van der Waals surface area (Å²) < 4.78 is 1.53. The normalized spacial score (nSPS) is 10.9. The van der Waals surface area contributed by atoms with E-state index in [0.717, 1.165) is 16.7 Å². The molecule has 0 aliphatic rings. The number of hydrogen-bond acceptors (Lipinski definition) is 3. The Labute approximate surface area is 115 Å². The van der Waals surface area contributed by atoms with Gasteiger partial charge in [-0.25, -0.2) is 0 Å². The molecule has 0 saturated carbocycles. The zero-order chi connectivity index (χ0) is 14.3. The number of nitro groups is 1. The maximum Gasteiger partial charge on any atom is 0.355 e. The SMILES string of the molecule is Cc1cccc(-c2nc3c(C)cccn3c2[N+](=O)[O-])c1. The van der Waals surface area contributed by atoms with Gasteiger partial charge in [0.25, 0.3) is 0 Å². The van der Waals surface area contributed by atoms with Gasteiger partial charge < -0.3 is 10.1 Å². The molecule has 3 rings (SSSR count). The molecular formula is C15H13N3O2. The van der Waals surface area contributed by atoms with Gasteiger partial charge in [-0.1, -0.05) is 23.8 Å². The van der Waals surface area contributed by atoms with Gasteiger partial charge in [0.2, 0.25) is 5.65 Å². The van der Waals surface area contributed by atoms with E-state index in [1.807, 2.05) is 44.2 Å². The predicted molar refractivity (Wildman–Crippen MR) is 76.8 cm³/mol. The molecule has 3 aromatic rings. The number of imidazole rings is 1. The first-order chi connectivity index (χ1) is 9.58. The summed E-state index contributed by atoms with van der Waals surface area (Å²) in [5.41, 5.74) is 3.75. The van der Waals surface area contributed by atoms with Crippen molar-refractivity contribution in [3.8, 4) is 11.3 Å². The van der Waals surface area contributed by atoms with Crippen LogP contribution in [0.2, 0.25) is 0 Å². The van der Waals surface area contributed by atoms with Crippen LogP contribution in [0, 0.1) is 24.0 Å². The lowest BCUT2D eigenvalue weighted by Gasteiger charge is -2.00. The van der Waals surface area contributed by atoms with Crippen LogP contribution in [0.5, 0.6) is 0 Å². The Hall–Kier alpha value is -2.69. The first kappa shape index (κ1) is 12.3. The largest absolute Gasteiger partial charge is 0.358 e. The van der Waals surface area contributed by atoms with Gasteiger partial charge in [-0.15, -0.1) is 0 Å². The van der Waals surface area contributed by atoms with Crippen LogP contribution in [0.25, 0.3) is 16.9 Å². The highest BCUT2D eigenvalue weighted by atomic mass is 16.6. The molecule has 100 valence electrons. The van der Waals surface area contributed by atoms with Crippen LogP contribution in [-0.4, -0.2) is 14.3 Å². The van der Waals surface area contributed by atoms with Gasteiger partial charge >= 0.3 is 5.82 Å². The average molecular weight is 267 g/mol. The number of aryl methyl sites for hydroxylation is 2. The fourth-order valence-corrected chi connectivity index (χ4v) is 2.35. The van der Waals surface area contributed by atoms with E-state index in [9.17, 15) is 10.1 Å². The van der Waals surface area contributed by atoms with Crippen LogP contribution < -0.4 is 0 Å². The standard InChI is InChI=1S/C15H13N3O2/c1-10-5-3-7-12(9-10)13-15(18(19)20)17-8-4-6-11(2)14(17)16-13/h3-9H,1-2H3. The highest BCUT2D eigenvalue weighted by Gasteiger charge is 2.24. The molecule has 5 heteroatoms. The van der Waals surface area contributed by atoms with Gasteiger partial charge in [0, 0.05) is 11.1 Å². The number of hydrogen-bond donors (Lipinski definition) is 0. The highest BCUT2D eigenvalue weighted by Crippen LogP contribution is 2.31. The number of pyridine rings is 1. The molecule has 1 aromatic carbocycles. The van der Waals surface area contributed by atoms with Crippen LogP contribution >= 0.6 is 0 Å². The van der Waals surface area contributed by atoms with Crippen LogP contribution in [0.4, 0.5) is 5.82 Å². The van der Waals surface area contributed by atoms with Gasteiger partial charge in [-0.05, 0) is 37.0 Å². The third-order valence-electron chi connectivity index (χ3n) is 3.28. The molecular weight excluding hydrogens is 254 g/mol. The summed E-state index contributed by atoms with van der Waals surface area (Å²) in [6.45, 7) is 3.85. The molecule has 2 aromatic heterocycles. The summed E-state index contributed by atoms with van der Waals surface area (Å²) >= 11 is 0. The van der Waals surface area contributed by atoms with Crippen molar-refractivity contribution in [1.82, 2.24) is 9.38 Å². The lowest BCUT2D eigenvalue weighted by atomic mass is 10.1. The Kier molecular flexibility index (Phi) is 2.75. The molecule has 0 aliphatic heterocycles. The summed E-state index contributed by atoms with van der Waals surface area (Å²) in [6, 6.07) is 11.3. The van der Waals surface area contributed by atoms with Gasteiger partial charge in [-0.2, -0.15) is 9.38 Å². The molecule has 0 aliphatic carbocycles. The van der Waals surface area contributed by atoms with E-state index in [4.69, 9.17) is 0 Å².